The second kappa shape index (κ2) is 2.48. The standard InChI is InChI=1S/C8H14N2O/c1-7-6-8(11-10-7)2-4-9-5-3-8/h9H,2-6H2,1H3. The van der Waals surface area contributed by atoms with Gasteiger partial charge in [-0.05, 0) is 20.0 Å². The zero-order valence-corrected chi connectivity index (χ0v) is 6.89. The Kier molecular flexibility index (Phi) is 1.60. The van der Waals surface area contributed by atoms with E-state index in [0.717, 1.165) is 38.1 Å². The third-order valence-electron chi connectivity index (χ3n) is 2.49. The normalized spacial score (nSPS) is 28.3. The van der Waals surface area contributed by atoms with Crippen molar-refractivity contribution in [3.8, 4) is 0 Å². The number of hydrogen-bond acceptors (Lipinski definition) is 3. The summed E-state index contributed by atoms with van der Waals surface area (Å²) in [5, 5.41) is 7.32. The van der Waals surface area contributed by atoms with Crippen molar-refractivity contribution in [2.75, 3.05) is 13.1 Å². The molecule has 0 aromatic carbocycles. The first kappa shape index (κ1) is 7.10. The molecule has 2 aliphatic rings. The molecule has 1 saturated heterocycles. The summed E-state index contributed by atoms with van der Waals surface area (Å²) in [7, 11) is 0. The summed E-state index contributed by atoms with van der Waals surface area (Å²) >= 11 is 0. The maximum Gasteiger partial charge on any atom is 0.145 e. The van der Waals surface area contributed by atoms with Gasteiger partial charge in [-0.1, -0.05) is 5.16 Å². The Hall–Kier alpha value is -0.570. The molecule has 0 saturated carbocycles. The summed E-state index contributed by atoms with van der Waals surface area (Å²) in [6.45, 7) is 4.18. The van der Waals surface area contributed by atoms with Gasteiger partial charge in [-0.15, -0.1) is 0 Å². The molecule has 3 nitrogen and oxygen atoms in total. The highest BCUT2D eigenvalue weighted by molar-refractivity contribution is 5.83. The van der Waals surface area contributed by atoms with Crippen LogP contribution in [0.1, 0.15) is 26.2 Å². The van der Waals surface area contributed by atoms with Crippen LogP contribution in [0, 0.1) is 0 Å². The van der Waals surface area contributed by atoms with Gasteiger partial charge < -0.3 is 10.2 Å². The highest BCUT2D eigenvalue weighted by Gasteiger charge is 2.38. The molecule has 0 aliphatic carbocycles. The molecule has 2 rings (SSSR count). The first-order valence-electron chi connectivity index (χ1n) is 4.23. The summed E-state index contributed by atoms with van der Waals surface area (Å²) in [5.74, 6) is 0. The average molecular weight is 154 g/mol. The van der Waals surface area contributed by atoms with Crippen LogP contribution in [-0.2, 0) is 4.84 Å². The molecule has 0 bridgehead atoms. The summed E-state index contributed by atoms with van der Waals surface area (Å²) in [6.07, 6.45) is 3.25. The largest absolute Gasteiger partial charge is 0.389 e. The number of piperidine rings is 1. The van der Waals surface area contributed by atoms with Gasteiger partial charge in [0.1, 0.15) is 5.60 Å². The van der Waals surface area contributed by atoms with Gasteiger partial charge in [0.2, 0.25) is 0 Å². The highest BCUT2D eigenvalue weighted by atomic mass is 16.7. The van der Waals surface area contributed by atoms with Gasteiger partial charge >= 0.3 is 0 Å². The van der Waals surface area contributed by atoms with Crippen molar-refractivity contribution < 1.29 is 4.84 Å². The zero-order valence-electron chi connectivity index (χ0n) is 6.89. The molecule has 2 aliphatic heterocycles. The molecular weight excluding hydrogens is 140 g/mol. The minimum Gasteiger partial charge on any atom is -0.389 e. The summed E-state index contributed by atoms with van der Waals surface area (Å²) in [6, 6.07) is 0. The Morgan fingerprint density at radius 1 is 1.45 bits per heavy atom. The molecule has 0 amide bonds. The van der Waals surface area contributed by atoms with Gasteiger partial charge in [-0.25, -0.2) is 0 Å². The first-order valence-corrected chi connectivity index (χ1v) is 4.23. The van der Waals surface area contributed by atoms with Crippen LogP contribution >= 0.6 is 0 Å². The first-order chi connectivity index (χ1) is 5.31. The third-order valence-corrected chi connectivity index (χ3v) is 2.49. The summed E-state index contributed by atoms with van der Waals surface area (Å²) < 4.78 is 0. The molecule has 0 radical (unpaired) electrons. The molecule has 1 N–H and O–H groups in total. The van der Waals surface area contributed by atoms with Gasteiger partial charge in [0, 0.05) is 19.3 Å². The Labute approximate surface area is 66.8 Å². The number of rotatable bonds is 0. The van der Waals surface area contributed by atoms with Crippen LogP contribution in [0.5, 0.6) is 0 Å². The van der Waals surface area contributed by atoms with Gasteiger partial charge in [0.15, 0.2) is 0 Å². The Balaban J connectivity index is 2.01. The molecule has 11 heavy (non-hydrogen) atoms. The number of nitrogens with one attached hydrogen (secondary N) is 1. The van der Waals surface area contributed by atoms with E-state index >= 15 is 0 Å². The van der Waals surface area contributed by atoms with E-state index in [1.807, 2.05) is 6.92 Å². The van der Waals surface area contributed by atoms with Gasteiger partial charge in [-0.3, -0.25) is 0 Å². The van der Waals surface area contributed by atoms with Crippen LogP contribution in [0.2, 0.25) is 0 Å². The summed E-state index contributed by atoms with van der Waals surface area (Å²) in [5.41, 5.74) is 1.22. The van der Waals surface area contributed by atoms with E-state index in [4.69, 9.17) is 4.84 Å². The SMILES string of the molecule is CC1=NOC2(CCNCC2)C1. The van der Waals surface area contributed by atoms with Gasteiger partial charge in [-0.2, -0.15) is 0 Å². The molecule has 0 atom stereocenters. The van der Waals surface area contributed by atoms with E-state index in [2.05, 4.69) is 10.5 Å². The van der Waals surface area contributed by atoms with Crippen molar-refractivity contribution in [2.24, 2.45) is 5.16 Å². The predicted octanol–water partition coefficient (Wildman–Crippen LogP) is 0.905. The Bertz CT molecular complexity index is 183. The van der Waals surface area contributed by atoms with E-state index in [1.165, 1.54) is 0 Å². The topological polar surface area (TPSA) is 33.6 Å². The van der Waals surface area contributed by atoms with E-state index in [1.54, 1.807) is 0 Å². The molecule has 0 aromatic rings. The quantitative estimate of drug-likeness (QED) is 0.562. The molecule has 62 valence electrons. The maximum atomic E-state index is 5.44. The lowest BCUT2D eigenvalue weighted by molar-refractivity contribution is -0.0400. The van der Waals surface area contributed by atoms with Crippen molar-refractivity contribution in [1.29, 1.82) is 0 Å². The van der Waals surface area contributed by atoms with E-state index < -0.39 is 0 Å². The van der Waals surface area contributed by atoms with E-state index in [0.29, 0.717) is 0 Å². The molecule has 1 fully saturated rings. The van der Waals surface area contributed by atoms with E-state index in [-0.39, 0.29) is 5.60 Å². The molecule has 0 aromatic heterocycles. The fourth-order valence-electron chi connectivity index (χ4n) is 1.86. The third kappa shape index (κ3) is 1.25. The maximum absolute atomic E-state index is 5.44. The van der Waals surface area contributed by atoms with Crippen molar-refractivity contribution in [1.82, 2.24) is 5.32 Å². The van der Waals surface area contributed by atoms with Crippen LogP contribution in [0.4, 0.5) is 0 Å². The highest BCUT2D eigenvalue weighted by Crippen LogP contribution is 2.31. The molecule has 3 heteroatoms. The van der Waals surface area contributed by atoms with Gasteiger partial charge in [0.05, 0.1) is 5.71 Å². The lowest BCUT2D eigenvalue weighted by Gasteiger charge is -2.30. The monoisotopic (exact) mass is 154 g/mol. The fourth-order valence-corrected chi connectivity index (χ4v) is 1.86. The lowest BCUT2D eigenvalue weighted by atomic mass is 9.88. The smallest absolute Gasteiger partial charge is 0.145 e. The Morgan fingerprint density at radius 3 is 2.73 bits per heavy atom. The fraction of sp³-hybridized carbons (Fsp3) is 0.875. The summed E-state index contributed by atoms with van der Waals surface area (Å²) in [4.78, 5) is 5.44. The molecular formula is C8H14N2O. The number of oxime groups is 1. The molecule has 2 heterocycles. The van der Waals surface area contributed by atoms with Crippen LogP contribution in [-0.4, -0.2) is 24.4 Å². The second-order valence-corrected chi connectivity index (χ2v) is 3.53. The van der Waals surface area contributed by atoms with Crippen molar-refractivity contribution in [3.05, 3.63) is 0 Å². The zero-order chi connectivity index (χ0) is 7.73. The Morgan fingerprint density at radius 2 is 2.18 bits per heavy atom. The minimum atomic E-state index is 0.0787. The van der Waals surface area contributed by atoms with Crippen molar-refractivity contribution >= 4 is 5.71 Å². The average Bonchev–Trinajstić information content (AvgIpc) is 2.34. The van der Waals surface area contributed by atoms with Crippen molar-refractivity contribution in [3.63, 3.8) is 0 Å². The lowest BCUT2D eigenvalue weighted by Crippen LogP contribution is -2.41. The van der Waals surface area contributed by atoms with Gasteiger partial charge in [0.25, 0.3) is 0 Å². The second-order valence-electron chi connectivity index (χ2n) is 3.53. The van der Waals surface area contributed by atoms with Crippen LogP contribution < -0.4 is 5.32 Å². The van der Waals surface area contributed by atoms with Crippen molar-refractivity contribution in [2.45, 2.75) is 31.8 Å². The van der Waals surface area contributed by atoms with Crippen LogP contribution in [0.3, 0.4) is 0 Å². The molecule has 0 unspecified atom stereocenters. The molecule has 1 spiro atoms. The minimum absolute atomic E-state index is 0.0787. The predicted molar refractivity (Wildman–Crippen MR) is 43.6 cm³/mol. The van der Waals surface area contributed by atoms with Crippen LogP contribution in [0.25, 0.3) is 0 Å². The van der Waals surface area contributed by atoms with Crippen LogP contribution in [0.15, 0.2) is 5.16 Å². The number of hydrogen-bond donors (Lipinski definition) is 1. The number of nitrogens with zero attached hydrogens (tertiary/aromatic N) is 1. The van der Waals surface area contributed by atoms with E-state index in [9.17, 15) is 0 Å².